The Labute approximate surface area is 138 Å². The fraction of sp³-hybridized carbons (Fsp3) is 0.467. The maximum atomic E-state index is 12.5. The van der Waals surface area contributed by atoms with Crippen LogP contribution in [0.15, 0.2) is 17.9 Å². The third-order valence-corrected chi connectivity index (χ3v) is 4.63. The molecule has 7 nitrogen and oxygen atoms in total. The standard InChI is InChI=1S/C15H19N5O2S/c1-10-14(23-9-17-10)15(21)20-5-4-11(8-20)22-13-7-16-6-12(18-13)19(2)3/h6-7,9,11H,4-5,8H2,1-3H3. The number of aryl methyl sites for hydroxylation is 1. The van der Waals surface area contributed by atoms with Crippen molar-refractivity contribution in [1.82, 2.24) is 19.9 Å². The lowest BCUT2D eigenvalue weighted by molar-refractivity contribution is 0.0775. The number of amides is 1. The van der Waals surface area contributed by atoms with E-state index >= 15 is 0 Å². The second kappa shape index (κ2) is 6.49. The molecule has 2 aromatic rings. The van der Waals surface area contributed by atoms with Gasteiger partial charge in [-0.05, 0) is 6.92 Å². The fourth-order valence-electron chi connectivity index (χ4n) is 2.44. The van der Waals surface area contributed by atoms with Gasteiger partial charge in [0.05, 0.1) is 30.1 Å². The van der Waals surface area contributed by atoms with Crippen LogP contribution in [0.4, 0.5) is 5.82 Å². The highest BCUT2D eigenvalue weighted by atomic mass is 32.1. The minimum Gasteiger partial charge on any atom is -0.471 e. The molecule has 0 aliphatic carbocycles. The molecule has 1 amide bonds. The summed E-state index contributed by atoms with van der Waals surface area (Å²) in [5.41, 5.74) is 2.49. The van der Waals surface area contributed by atoms with Gasteiger partial charge in [-0.1, -0.05) is 0 Å². The second-order valence-electron chi connectivity index (χ2n) is 5.66. The molecule has 0 bridgehead atoms. The molecule has 1 aliphatic heterocycles. The predicted octanol–water partition coefficient (Wildman–Crippen LogP) is 1.60. The number of hydrogen-bond acceptors (Lipinski definition) is 7. The second-order valence-corrected chi connectivity index (χ2v) is 6.51. The summed E-state index contributed by atoms with van der Waals surface area (Å²) in [6, 6.07) is 0. The molecule has 0 radical (unpaired) electrons. The molecular formula is C15H19N5O2S. The Morgan fingerprint density at radius 1 is 1.43 bits per heavy atom. The zero-order valence-electron chi connectivity index (χ0n) is 13.4. The summed E-state index contributed by atoms with van der Waals surface area (Å²) in [6.07, 6.45) is 4.02. The zero-order valence-corrected chi connectivity index (χ0v) is 14.2. The van der Waals surface area contributed by atoms with Crippen LogP contribution in [0.25, 0.3) is 0 Å². The summed E-state index contributed by atoms with van der Waals surface area (Å²) in [4.78, 5) is 29.5. The van der Waals surface area contributed by atoms with Crippen molar-refractivity contribution in [3.05, 3.63) is 28.5 Å². The van der Waals surface area contributed by atoms with Crippen LogP contribution in [0.2, 0.25) is 0 Å². The predicted molar refractivity (Wildman–Crippen MR) is 88.1 cm³/mol. The molecule has 0 saturated carbocycles. The number of carbonyl (C=O) groups is 1. The smallest absolute Gasteiger partial charge is 0.265 e. The quantitative estimate of drug-likeness (QED) is 0.846. The van der Waals surface area contributed by atoms with Crippen molar-refractivity contribution in [1.29, 1.82) is 0 Å². The molecule has 3 rings (SSSR count). The third-order valence-electron chi connectivity index (χ3n) is 3.72. The zero-order chi connectivity index (χ0) is 16.4. The summed E-state index contributed by atoms with van der Waals surface area (Å²) >= 11 is 1.38. The first-order valence-corrected chi connectivity index (χ1v) is 8.28. The molecule has 8 heteroatoms. The van der Waals surface area contributed by atoms with E-state index in [4.69, 9.17) is 4.74 Å². The van der Waals surface area contributed by atoms with Crippen LogP contribution in [0.5, 0.6) is 5.88 Å². The molecule has 1 saturated heterocycles. The molecule has 2 aromatic heterocycles. The largest absolute Gasteiger partial charge is 0.471 e. The first kappa shape index (κ1) is 15.7. The Hall–Kier alpha value is -2.22. The van der Waals surface area contributed by atoms with E-state index in [1.807, 2.05) is 30.8 Å². The average molecular weight is 333 g/mol. The highest BCUT2D eigenvalue weighted by Gasteiger charge is 2.30. The number of rotatable bonds is 4. The lowest BCUT2D eigenvalue weighted by Crippen LogP contribution is -2.31. The van der Waals surface area contributed by atoms with Crippen LogP contribution in [0.3, 0.4) is 0 Å². The Kier molecular flexibility index (Phi) is 4.42. The molecule has 3 heterocycles. The van der Waals surface area contributed by atoms with Gasteiger partial charge in [-0.15, -0.1) is 11.3 Å². The first-order valence-electron chi connectivity index (χ1n) is 7.40. The van der Waals surface area contributed by atoms with Crippen LogP contribution in [0.1, 0.15) is 21.8 Å². The fourth-order valence-corrected chi connectivity index (χ4v) is 3.21. The van der Waals surface area contributed by atoms with E-state index in [0.717, 1.165) is 17.9 Å². The van der Waals surface area contributed by atoms with Gasteiger partial charge in [0.1, 0.15) is 11.0 Å². The molecular weight excluding hydrogens is 314 g/mol. The molecule has 1 aliphatic rings. The van der Waals surface area contributed by atoms with Crippen molar-refractivity contribution in [2.24, 2.45) is 0 Å². The van der Waals surface area contributed by atoms with E-state index in [2.05, 4.69) is 15.0 Å². The van der Waals surface area contributed by atoms with Gasteiger partial charge in [0.15, 0.2) is 5.82 Å². The van der Waals surface area contributed by atoms with Gasteiger partial charge >= 0.3 is 0 Å². The minimum atomic E-state index is -0.0566. The van der Waals surface area contributed by atoms with Crippen LogP contribution in [0, 0.1) is 6.92 Å². The summed E-state index contributed by atoms with van der Waals surface area (Å²) in [7, 11) is 3.81. The number of nitrogens with zero attached hydrogens (tertiary/aromatic N) is 5. The summed E-state index contributed by atoms with van der Waals surface area (Å²) in [5, 5.41) is 0. The van der Waals surface area contributed by atoms with Crippen LogP contribution >= 0.6 is 11.3 Å². The van der Waals surface area contributed by atoms with Gasteiger partial charge < -0.3 is 14.5 Å². The Bertz CT molecular complexity index is 703. The topological polar surface area (TPSA) is 71.5 Å². The maximum Gasteiger partial charge on any atom is 0.265 e. The van der Waals surface area contributed by atoms with Crippen molar-refractivity contribution >= 4 is 23.1 Å². The van der Waals surface area contributed by atoms with Gasteiger partial charge in [-0.25, -0.2) is 4.98 Å². The van der Waals surface area contributed by atoms with Crippen LogP contribution in [-0.2, 0) is 0 Å². The molecule has 1 unspecified atom stereocenters. The molecule has 23 heavy (non-hydrogen) atoms. The van der Waals surface area contributed by atoms with Gasteiger partial charge in [-0.3, -0.25) is 9.78 Å². The van der Waals surface area contributed by atoms with Crippen molar-refractivity contribution in [3.8, 4) is 5.88 Å². The van der Waals surface area contributed by atoms with E-state index in [1.54, 1.807) is 17.9 Å². The van der Waals surface area contributed by atoms with Gasteiger partial charge in [0.2, 0.25) is 5.88 Å². The van der Waals surface area contributed by atoms with Gasteiger partial charge in [0.25, 0.3) is 5.91 Å². The highest BCUT2D eigenvalue weighted by Crippen LogP contribution is 2.22. The average Bonchev–Trinajstić information content (AvgIpc) is 3.16. The lowest BCUT2D eigenvalue weighted by Gasteiger charge is -2.17. The minimum absolute atomic E-state index is 0.0317. The Balaban J connectivity index is 1.63. The normalized spacial score (nSPS) is 17.3. The van der Waals surface area contributed by atoms with Crippen molar-refractivity contribution in [3.63, 3.8) is 0 Å². The molecule has 0 N–H and O–H groups in total. The van der Waals surface area contributed by atoms with E-state index in [1.165, 1.54) is 11.3 Å². The number of hydrogen-bond donors (Lipinski definition) is 0. The number of ether oxygens (including phenoxy) is 1. The van der Waals surface area contributed by atoms with Crippen LogP contribution < -0.4 is 9.64 Å². The highest BCUT2D eigenvalue weighted by molar-refractivity contribution is 7.11. The molecule has 1 atom stereocenters. The van der Waals surface area contributed by atoms with E-state index in [-0.39, 0.29) is 12.0 Å². The lowest BCUT2D eigenvalue weighted by atomic mass is 10.3. The van der Waals surface area contributed by atoms with Gasteiger partial charge in [0, 0.05) is 27.1 Å². The van der Waals surface area contributed by atoms with E-state index < -0.39 is 0 Å². The monoisotopic (exact) mass is 333 g/mol. The van der Waals surface area contributed by atoms with Crippen molar-refractivity contribution in [2.75, 3.05) is 32.1 Å². The maximum absolute atomic E-state index is 12.5. The number of likely N-dealkylation sites (tertiary alicyclic amines) is 1. The SMILES string of the molecule is Cc1ncsc1C(=O)N1CCC(Oc2cncc(N(C)C)n2)C1. The van der Waals surface area contributed by atoms with E-state index in [9.17, 15) is 4.79 Å². The third kappa shape index (κ3) is 3.42. The summed E-state index contributed by atoms with van der Waals surface area (Å²) in [5.74, 6) is 1.27. The number of aromatic nitrogens is 3. The van der Waals surface area contributed by atoms with E-state index in [0.29, 0.717) is 23.8 Å². The number of carbonyl (C=O) groups excluding carboxylic acids is 1. The Morgan fingerprint density at radius 3 is 2.96 bits per heavy atom. The van der Waals surface area contributed by atoms with Crippen LogP contribution in [-0.4, -0.2) is 59.0 Å². The molecule has 0 spiro atoms. The summed E-state index contributed by atoms with van der Waals surface area (Å²) in [6.45, 7) is 3.10. The molecule has 0 aromatic carbocycles. The van der Waals surface area contributed by atoms with Crippen molar-refractivity contribution in [2.45, 2.75) is 19.4 Å². The summed E-state index contributed by atoms with van der Waals surface area (Å²) < 4.78 is 5.89. The van der Waals surface area contributed by atoms with Gasteiger partial charge in [-0.2, -0.15) is 4.98 Å². The first-order chi connectivity index (χ1) is 11.0. The molecule has 1 fully saturated rings. The number of anilines is 1. The number of thiazole rings is 1. The Morgan fingerprint density at radius 2 is 2.26 bits per heavy atom. The molecule has 122 valence electrons. The van der Waals surface area contributed by atoms with Crippen molar-refractivity contribution < 1.29 is 9.53 Å².